The second-order valence-corrected chi connectivity index (χ2v) is 5.71. The molecule has 0 saturated carbocycles. The van der Waals surface area contributed by atoms with Crippen molar-refractivity contribution < 1.29 is 14.6 Å². The summed E-state index contributed by atoms with van der Waals surface area (Å²) < 4.78 is 5.74. The van der Waals surface area contributed by atoms with Crippen LogP contribution in [0, 0.1) is 5.92 Å². The lowest BCUT2D eigenvalue weighted by molar-refractivity contribution is 0.243. The summed E-state index contributed by atoms with van der Waals surface area (Å²) in [5.74, 6) is 1.02. The SMILES string of the molecule is CC(CCO)CNC(=O)Nc1ccccc1COc1ccccc1. The molecule has 0 radical (unpaired) electrons. The largest absolute Gasteiger partial charge is 0.489 e. The standard InChI is InChI=1S/C19H24N2O3/c1-15(11-12-22)13-20-19(23)21-18-10-6-5-7-16(18)14-24-17-8-3-2-4-9-17/h2-10,15,22H,11-14H2,1H3,(H2,20,21,23). The maximum Gasteiger partial charge on any atom is 0.319 e. The van der Waals surface area contributed by atoms with E-state index in [1.807, 2.05) is 61.5 Å². The third-order valence-electron chi connectivity index (χ3n) is 3.64. The quantitative estimate of drug-likeness (QED) is 0.695. The Balaban J connectivity index is 1.89. The van der Waals surface area contributed by atoms with E-state index in [-0.39, 0.29) is 18.6 Å². The Morgan fingerprint density at radius 1 is 1.12 bits per heavy atom. The molecule has 3 N–H and O–H groups in total. The van der Waals surface area contributed by atoms with Gasteiger partial charge >= 0.3 is 6.03 Å². The topological polar surface area (TPSA) is 70.6 Å². The summed E-state index contributed by atoms with van der Waals surface area (Å²) in [6.45, 7) is 3.01. The zero-order valence-electron chi connectivity index (χ0n) is 13.9. The van der Waals surface area contributed by atoms with E-state index in [1.165, 1.54) is 0 Å². The molecule has 0 aliphatic heterocycles. The first-order chi connectivity index (χ1) is 11.7. The molecule has 2 rings (SSSR count). The van der Waals surface area contributed by atoms with E-state index in [1.54, 1.807) is 0 Å². The van der Waals surface area contributed by atoms with Gasteiger partial charge < -0.3 is 20.5 Å². The lowest BCUT2D eigenvalue weighted by Gasteiger charge is -2.14. The lowest BCUT2D eigenvalue weighted by atomic mass is 10.1. The van der Waals surface area contributed by atoms with E-state index in [9.17, 15) is 4.79 Å². The minimum Gasteiger partial charge on any atom is -0.489 e. The number of aliphatic hydroxyl groups excluding tert-OH is 1. The van der Waals surface area contributed by atoms with E-state index in [4.69, 9.17) is 9.84 Å². The fraction of sp³-hybridized carbons (Fsp3) is 0.316. The van der Waals surface area contributed by atoms with Crippen LogP contribution in [0.3, 0.4) is 0 Å². The number of aliphatic hydroxyl groups is 1. The zero-order valence-corrected chi connectivity index (χ0v) is 13.9. The van der Waals surface area contributed by atoms with E-state index in [0.29, 0.717) is 19.6 Å². The minimum atomic E-state index is -0.257. The molecule has 0 aliphatic carbocycles. The Labute approximate surface area is 142 Å². The van der Waals surface area contributed by atoms with E-state index in [2.05, 4.69) is 10.6 Å². The van der Waals surface area contributed by atoms with Crippen molar-refractivity contribution in [2.75, 3.05) is 18.5 Å². The van der Waals surface area contributed by atoms with Crippen molar-refractivity contribution in [2.24, 2.45) is 5.92 Å². The van der Waals surface area contributed by atoms with Crippen LogP contribution in [0.5, 0.6) is 5.75 Å². The van der Waals surface area contributed by atoms with Crippen LogP contribution in [0.4, 0.5) is 10.5 Å². The molecule has 0 saturated heterocycles. The average Bonchev–Trinajstić information content (AvgIpc) is 2.60. The Hall–Kier alpha value is -2.53. The number of carbonyl (C=O) groups is 1. The van der Waals surface area contributed by atoms with Crippen LogP contribution in [-0.4, -0.2) is 24.3 Å². The van der Waals surface area contributed by atoms with Gasteiger partial charge in [0.25, 0.3) is 0 Å². The van der Waals surface area contributed by atoms with Gasteiger partial charge in [-0.3, -0.25) is 0 Å². The molecule has 0 fully saturated rings. The number of rotatable bonds is 8. The minimum absolute atomic E-state index is 0.129. The van der Waals surface area contributed by atoms with Gasteiger partial charge in [-0.25, -0.2) is 4.79 Å². The van der Waals surface area contributed by atoms with Crippen LogP contribution in [0.1, 0.15) is 18.9 Å². The Bertz CT molecular complexity index is 632. The number of ether oxygens (including phenoxy) is 1. The van der Waals surface area contributed by atoms with Crippen molar-refractivity contribution >= 4 is 11.7 Å². The highest BCUT2D eigenvalue weighted by molar-refractivity contribution is 5.90. The number of anilines is 1. The van der Waals surface area contributed by atoms with Crippen molar-refractivity contribution in [3.8, 4) is 5.75 Å². The first-order valence-electron chi connectivity index (χ1n) is 8.10. The fourth-order valence-electron chi connectivity index (χ4n) is 2.20. The van der Waals surface area contributed by atoms with Gasteiger partial charge in [-0.05, 0) is 30.5 Å². The number of hydrogen-bond donors (Lipinski definition) is 3. The Kier molecular flexibility index (Phi) is 7.11. The number of benzene rings is 2. The first-order valence-corrected chi connectivity index (χ1v) is 8.10. The van der Waals surface area contributed by atoms with Gasteiger partial charge in [0, 0.05) is 24.4 Å². The molecule has 0 heterocycles. The van der Waals surface area contributed by atoms with Gasteiger partial charge in [0.2, 0.25) is 0 Å². The number of hydrogen-bond acceptors (Lipinski definition) is 3. The third kappa shape index (κ3) is 5.93. The smallest absolute Gasteiger partial charge is 0.319 e. The first kappa shape index (κ1) is 17.8. The average molecular weight is 328 g/mol. The summed E-state index contributed by atoms with van der Waals surface area (Å²) >= 11 is 0. The number of carbonyl (C=O) groups excluding carboxylic acids is 1. The summed E-state index contributed by atoms with van der Waals surface area (Å²) in [4.78, 5) is 12.0. The summed E-state index contributed by atoms with van der Waals surface area (Å²) in [7, 11) is 0. The highest BCUT2D eigenvalue weighted by Gasteiger charge is 2.08. The van der Waals surface area contributed by atoms with E-state index in [0.717, 1.165) is 17.0 Å². The molecule has 5 nitrogen and oxygen atoms in total. The molecule has 0 bridgehead atoms. The molecule has 2 aromatic carbocycles. The van der Waals surface area contributed by atoms with Crippen LogP contribution < -0.4 is 15.4 Å². The summed E-state index contributed by atoms with van der Waals surface area (Å²) in [6.07, 6.45) is 0.668. The van der Waals surface area contributed by atoms with Crippen LogP contribution >= 0.6 is 0 Å². The van der Waals surface area contributed by atoms with Crippen LogP contribution in [0.2, 0.25) is 0 Å². The summed E-state index contributed by atoms with van der Waals surface area (Å²) in [6, 6.07) is 16.9. The van der Waals surface area contributed by atoms with Crippen LogP contribution in [0.15, 0.2) is 54.6 Å². The molecule has 5 heteroatoms. The van der Waals surface area contributed by atoms with Crippen molar-refractivity contribution in [2.45, 2.75) is 20.0 Å². The van der Waals surface area contributed by atoms with Crippen molar-refractivity contribution in [1.82, 2.24) is 5.32 Å². The molecule has 2 aromatic rings. The summed E-state index contributed by atoms with van der Waals surface area (Å²) in [5.41, 5.74) is 1.63. The molecular weight excluding hydrogens is 304 g/mol. The normalized spacial score (nSPS) is 11.6. The van der Waals surface area contributed by atoms with Crippen molar-refractivity contribution in [1.29, 1.82) is 0 Å². The molecular formula is C19H24N2O3. The van der Waals surface area contributed by atoms with Crippen molar-refractivity contribution in [3.05, 3.63) is 60.2 Å². The molecule has 0 aliphatic rings. The van der Waals surface area contributed by atoms with Crippen LogP contribution in [0.25, 0.3) is 0 Å². The highest BCUT2D eigenvalue weighted by atomic mass is 16.5. The molecule has 1 atom stereocenters. The molecule has 128 valence electrons. The van der Waals surface area contributed by atoms with E-state index >= 15 is 0 Å². The number of urea groups is 1. The molecule has 0 spiro atoms. The predicted molar refractivity (Wildman–Crippen MR) is 95.1 cm³/mol. The molecule has 24 heavy (non-hydrogen) atoms. The third-order valence-corrected chi connectivity index (χ3v) is 3.64. The predicted octanol–water partition coefficient (Wildman–Crippen LogP) is 3.41. The summed E-state index contributed by atoms with van der Waals surface area (Å²) in [5, 5.41) is 14.6. The van der Waals surface area contributed by atoms with Crippen LogP contribution in [-0.2, 0) is 6.61 Å². The Morgan fingerprint density at radius 2 is 1.83 bits per heavy atom. The van der Waals surface area contributed by atoms with Gasteiger partial charge in [-0.15, -0.1) is 0 Å². The highest BCUT2D eigenvalue weighted by Crippen LogP contribution is 2.18. The maximum absolute atomic E-state index is 12.0. The molecule has 0 aromatic heterocycles. The number of nitrogens with one attached hydrogen (secondary N) is 2. The van der Waals surface area contributed by atoms with Gasteiger partial charge in [-0.1, -0.05) is 43.3 Å². The zero-order chi connectivity index (χ0) is 17.2. The lowest BCUT2D eigenvalue weighted by Crippen LogP contribution is -2.32. The van der Waals surface area contributed by atoms with Gasteiger partial charge in [-0.2, -0.15) is 0 Å². The monoisotopic (exact) mass is 328 g/mol. The molecule has 1 unspecified atom stereocenters. The fourth-order valence-corrected chi connectivity index (χ4v) is 2.20. The van der Waals surface area contributed by atoms with Crippen molar-refractivity contribution in [3.63, 3.8) is 0 Å². The maximum atomic E-state index is 12.0. The number of para-hydroxylation sites is 2. The second-order valence-electron chi connectivity index (χ2n) is 5.71. The van der Waals surface area contributed by atoms with Gasteiger partial charge in [0.1, 0.15) is 12.4 Å². The van der Waals surface area contributed by atoms with Gasteiger partial charge in [0.15, 0.2) is 0 Å². The van der Waals surface area contributed by atoms with Gasteiger partial charge in [0.05, 0.1) is 0 Å². The second kappa shape index (κ2) is 9.57. The van der Waals surface area contributed by atoms with E-state index < -0.39 is 0 Å². The number of amides is 2. The Morgan fingerprint density at radius 3 is 2.58 bits per heavy atom. The molecule has 2 amide bonds.